The van der Waals surface area contributed by atoms with Crippen LogP contribution in [0.1, 0.15) is 52.2 Å². The monoisotopic (exact) mass is 370 g/mol. The molecule has 0 atom stereocenters. The van der Waals surface area contributed by atoms with E-state index >= 15 is 0 Å². The Labute approximate surface area is 157 Å². The van der Waals surface area contributed by atoms with Crippen LogP contribution in [0.3, 0.4) is 0 Å². The van der Waals surface area contributed by atoms with Gasteiger partial charge in [0.25, 0.3) is 11.8 Å². The highest BCUT2D eigenvalue weighted by molar-refractivity contribution is 6.04. The predicted molar refractivity (Wildman–Crippen MR) is 98.8 cm³/mol. The van der Waals surface area contributed by atoms with Gasteiger partial charge in [0.05, 0.1) is 0 Å². The van der Waals surface area contributed by atoms with E-state index in [2.05, 4.69) is 15.3 Å². The maximum Gasteiger partial charge on any atom is 0.274 e. The van der Waals surface area contributed by atoms with Crippen LogP contribution in [-0.2, 0) is 6.42 Å². The van der Waals surface area contributed by atoms with E-state index in [9.17, 15) is 14.0 Å². The van der Waals surface area contributed by atoms with Crippen molar-refractivity contribution in [3.8, 4) is 0 Å². The minimum absolute atomic E-state index is 0.0407. The van der Waals surface area contributed by atoms with Crippen LogP contribution in [0.15, 0.2) is 36.7 Å². The predicted octanol–water partition coefficient (Wildman–Crippen LogP) is 2.60. The van der Waals surface area contributed by atoms with E-state index in [-0.39, 0.29) is 23.1 Å². The van der Waals surface area contributed by atoms with E-state index in [4.69, 9.17) is 0 Å². The highest BCUT2D eigenvalue weighted by Gasteiger charge is 2.25. The Morgan fingerprint density at radius 2 is 1.74 bits per heavy atom. The first-order valence-electron chi connectivity index (χ1n) is 9.28. The first-order chi connectivity index (χ1) is 13.2. The molecule has 1 aliphatic rings. The van der Waals surface area contributed by atoms with E-state index in [1.165, 1.54) is 18.5 Å². The molecule has 2 amide bonds. The van der Waals surface area contributed by atoms with Crippen LogP contribution in [0.25, 0.3) is 0 Å². The summed E-state index contributed by atoms with van der Waals surface area (Å²) in [5.41, 5.74) is 0.747. The van der Waals surface area contributed by atoms with Gasteiger partial charge in [-0.3, -0.25) is 9.59 Å². The molecule has 0 spiro atoms. The van der Waals surface area contributed by atoms with Gasteiger partial charge in [-0.1, -0.05) is 18.2 Å². The molecule has 142 valence electrons. The van der Waals surface area contributed by atoms with E-state index in [1.807, 2.05) is 0 Å². The van der Waals surface area contributed by atoms with Crippen molar-refractivity contribution >= 4 is 11.8 Å². The van der Waals surface area contributed by atoms with Crippen molar-refractivity contribution in [3.05, 3.63) is 59.4 Å². The summed E-state index contributed by atoms with van der Waals surface area (Å²) in [7, 11) is 0. The fraction of sp³-hybridized carbons (Fsp3) is 0.400. The number of piperidine rings is 1. The Hall–Kier alpha value is -2.83. The van der Waals surface area contributed by atoms with Gasteiger partial charge >= 0.3 is 0 Å². The van der Waals surface area contributed by atoms with Crippen LogP contribution in [0, 0.1) is 5.82 Å². The lowest BCUT2D eigenvalue weighted by atomic mass is 10.1. The molecule has 0 saturated carbocycles. The van der Waals surface area contributed by atoms with Crippen LogP contribution < -0.4 is 5.32 Å². The summed E-state index contributed by atoms with van der Waals surface area (Å²) in [5.74, 6) is -0.927. The second-order valence-electron chi connectivity index (χ2n) is 6.56. The maximum atomic E-state index is 13.6. The van der Waals surface area contributed by atoms with Crippen molar-refractivity contribution < 1.29 is 14.0 Å². The number of aromatic nitrogens is 2. The number of halogens is 1. The number of nitrogens with one attached hydrogen (secondary N) is 1. The molecular formula is C20H23FN4O2. The molecule has 1 aliphatic heterocycles. The zero-order chi connectivity index (χ0) is 19.1. The molecule has 6 nitrogen and oxygen atoms in total. The molecule has 1 aromatic carbocycles. The number of amides is 2. The lowest BCUT2D eigenvalue weighted by Crippen LogP contribution is -2.38. The van der Waals surface area contributed by atoms with Gasteiger partial charge in [0, 0.05) is 32.0 Å². The molecule has 0 radical (unpaired) electrons. The van der Waals surface area contributed by atoms with Crippen LogP contribution >= 0.6 is 0 Å². The Morgan fingerprint density at radius 3 is 2.48 bits per heavy atom. The molecule has 2 aromatic rings. The molecule has 3 rings (SSSR count). The Kier molecular flexibility index (Phi) is 6.46. The molecule has 7 heteroatoms. The van der Waals surface area contributed by atoms with E-state index in [1.54, 1.807) is 23.1 Å². The first kappa shape index (κ1) is 18.9. The molecule has 1 N–H and O–H groups in total. The molecule has 27 heavy (non-hydrogen) atoms. The van der Waals surface area contributed by atoms with Crippen molar-refractivity contribution in [2.45, 2.75) is 32.1 Å². The summed E-state index contributed by atoms with van der Waals surface area (Å²) in [6.07, 6.45) is 6.97. The van der Waals surface area contributed by atoms with Crippen LogP contribution in [0.2, 0.25) is 0 Å². The van der Waals surface area contributed by atoms with Crippen molar-refractivity contribution in [3.63, 3.8) is 0 Å². The average Bonchev–Trinajstić information content (AvgIpc) is 2.72. The van der Waals surface area contributed by atoms with Gasteiger partial charge in [-0.25, -0.2) is 14.4 Å². The summed E-state index contributed by atoms with van der Waals surface area (Å²) >= 11 is 0. The average molecular weight is 370 g/mol. The highest BCUT2D eigenvalue weighted by atomic mass is 19.1. The smallest absolute Gasteiger partial charge is 0.274 e. The molecule has 1 fully saturated rings. The number of carbonyl (C=O) groups is 2. The van der Waals surface area contributed by atoms with Crippen LogP contribution in [0.5, 0.6) is 0 Å². The summed E-state index contributed by atoms with van der Waals surface area (Å²) < 4.78 is 13.6. The number of hydrogen-bond acceptors (Lipinski definition) is 4. The van der Waals surface area contributed by atoms with E-state index in [0.717, 1.165) is 19.3 Å². The number of hydrogen-bond donors (Lipinski definition) is 1. The number of rotatable bonds is 6. The SMILES string of the molecule is O=C(NCCCc1ccccc1F)c1nccnc1C(=O)N1CCCCC1. The van der Waals surface area contributed by atoms with Gasteiger partial charge in [0.1, 0.15) is 5.82 Å². The molecular weight excluding hydrogens is 347 g/mol. The van der Waals surface area contributed by atoms with Crippen molar-refractivity contribution in [1.29, 1.82) is 0 Å². The van der Waals surface area contributed by atoms with Gasteiger partial charge in [-0.15, -0.1) is 0 Å². The van der Waals surface area contributed by atoms with Crippen molar-refractivity contribution in [2.24, 2.45) is 0 Å². The lowest BCUT2D eigenvalue weighted by molar-refractivity contribution is 0.0711. The fourth-order valence-corrected chi connectivity index (χ4v) is 3.17. The zero-order valence-electron chi connectivity index (χ0n) is 15.2. The number of benzene rings is 1. The van der Waals surface area contributed by atoms with Gasteiger partial charge in [-0.2, -0.15) is 0 Å². The second-order valence-corrected chi connectivity index (χ2v) is 6.56. The van der Waals surface area contributed by atoms with Gasteiger partial charge in [-0.05, 0) is 43.7 Å². The second kappa shape index (κ2) is 9.21. The third-order valence-corrected chi connectivity index (χ3v) is 4.63. The van der Waals surface area contributed by atoms with Gasteiger partial charge in [0.15, 0.2) is 11.4 Å². The summed E-state index contributed by atoms with van der Waals surface area (Å²) in [4.78, 5) is 35.0. The standard InChI is InChI=1S/C20H23FN4O2/c21-16-9-3-2-7-15(16)8-6-10-24-19(26)17-18(23-12-11-22-17)20(27)25-13-4-1-5-14-25/h2-3,7,9,11-12H,1,4-6,8,10,13-14H2,(H,24,26). The molecule has 1 aromatic heterocycles. The Morgan fingerprint density at radius 1 is 1.04 bits per heavy atom. The molecule has 1 saturated heterocycles. The van der Waals surface area contributed by atoms with E-state index in [0.29, 0.717) is 38.0 Å². The highest BCUT2D eigenvalue weighted by Crippen LogP contribution is 2.14. The summed E-state index contributed by atoms with van der Waals surface area (Å²) in [6.45, 7) is 1.72. The van der Waals surface area contributed by atoms with Gasteiger partial charge < -0.3 is 10.2 Å². The summed E-state index contributed by atoms with van der Waals surface area (Å²) in [6, 6.07) is 6.59. The molecule has 0 aliphatic carbocycles. The Bertz CT molecular complexity index is 806. The molecule has 2 heterocycles. The van der Waals surface area contributed by atoms with Crippen LogP contribution in [-0.4, -0.2) is 46.3 Å². The normalized spacial score (nSPS) is 14.0. The number of nitrogens with zero attached hydrogens (tertiary/aromatic N) is 3. The third kappa shape index (κ3) is 4.87. The Balaban J connectivity index is 1.58. The molecule has 0 unspecified atom stereocenters. The number of carbonyl (C=O) groups excluding carboxylic acids is 2. The lowest BCUT2D eigenvalue weighted by Gasteiger charge is -2.26. The minimum Gasteiger partial charge on any atom is -0.351 e. The summed E-state index contributed by atoms with van der Waals surface area (Å²) in [5, 5.41) is 2.75. The number of likely N-dealkylation sites (tertiary alicyclic amines) is 1. The quantitative estimate of drug-likeness (QED) is 0.793. The van der Waals surface area contributed by atoms with Crippen molar-refractivity contribution in [1.82, 2.24) is 20.2 Å². The zero-order valence-corrected chi connectivity index (χ0v) is 15.2. The third-order valence-electron chi connectivity index (χ3n) is 4.63. The topological polar surface area (TPSA) is 75.2 Å². The fourth-order valence-electron chi connectivity index (χ4n) is 3.17. The molecule has 0 bridgehead atoms. The van der Waals surface area contributed by atoms with Gasteiger partial charge in [0.2, 0.25) is 0 Å². The largest absolute Gasteiger partial charge is 0.351 e. The maximum absolute atomic E-state index is 13.6. The first-order valence-corrected chi connectivity index (χ1v) is 9.28. The number of aryl methyl sites for hydroxylation is 1. The van der Waals surface area contributed by atoms with Crippen LogP contribution in [0.4, 0.5) is 4.39 Å². The van der Waals surface area contributed by atoms with E-state index < -0.39 is 5.91 Å². The minimum atomic E-state index is -0.433. The van der Waals surface area contributed by atoms with Crippen molar-refractivity contribution in [2.75, 3.05) is 19.6 Å².